The molecule has 0 unspecified atom stereocenters. The molecular weight excluding hydrogens is 508 g/mol. The maximum absolute atomic E-state index is 14.0. The summed E-state index contributed by atoms with van der Waals surface area (Å²) in [6.07, 6.45) is 0. The summed E-state index contributed by atoms with van der Waals surface area (Å²) < 4.78 is 35.5. The van der Waals surface area contributed by atoms with E-state index in [1.165, 1.54) is 34.9 Å². The van der Waals surface area contributed by atoms with Gasteiger partial charge in [0.25, 0.3) is 0 Å². The summed E-state index contributed by atoms with van der Waals surface area (Å²) in [5, 5.41) is 4.36. The van der Waals surface area contributed by atoms with Crippen molar-refractivity contribution in [3.8, 4) is 16.4 Å². The van der Waals surface area contributed by atoms with Gasteiger partial charge in [-0.1, -0.05) is 36.8 Å². The predicted molar refractivity (Wildman–Crippen MR) is 114 cm³/mol. The minimum absolute atomic E-state index is 0.180. The topological polar surface area (TPSA) is 57.0 Å². The largest absolute Gasteiger partial charge is 0.464 e. The lowest BCUT2D eigenvalue weighted by Crippen LogP contribution is -2.10. The fourth-order valence-corrected chi connectivity index (χ4v) is 5.47. The van der Waals surface area contributed by atoms with E-state index < -0.39 is 22.6 Å². The zero-order chi connectivity index (χ0) is 21.5. The fourth-order valence-electron chi connectivity index (χ4n) is 2.47. The second-order valence-corrected chi connectivity index (χ2v) is 10.2. The van der Waals surface area contributed by atoms with Crippen molar-refractivity contribution in [1.29, 1.82) is 0 Å². The van der Waals surface area contributed by atoms with E-state index in [9.17, 15) is 13.6 Å². The summed E-state index contributed by atoms with van der Waals surface area (Å²) in [5.41, 5.74) is 1.39. The Morgan fingerprint density at radius 1 is 1.34 bits per heavy atom. The Bertz CT molecular complexity index is 1080. The number of aryl methyl sites for hydroxylation is 1. The molecule has 0 radical (unpaired) electrons. The zero-order valence-corrected chi connectivity index (χ0v) is 19.7. The minimum atomic E-state index is -0.871. The van der Waals surface area contributed by atoms with Crippen molar-refractivity contribution < 1.29 is 18.3 Å². The lowest BCUT2D eigenvalue weighted by Gasteiger charge is -2.06. The van der Waals surface area contributed by atoms with E-state index in [2.05, 4.69) is 26.0 Å². The van der Waals surface area contributed by atoms with Gasteiger partial charge in [-0.25, -0.2) is 18.6 Å². The number of carbonyl (C=O) groups is 1. The Labute approximate surface area is 187 Å². The molecule has 0 aliphatic rings. The molecule has 2 aromatic heterocycles. The van der Waals surface area contributed by atoms with E-state index in [1.807, 2.05) is 13.8 Å². The van der Waals surface area contributed by atoms with Crippen LogP contribution in [0.25, 0.3) is 16.4 Å². The number of rotatable bonds is 5. The standard InChI is InChI=1S/C18H15BrClF2N3O2S2/c1-7(2)28-17-14(9-5-10(21)13(20)11(22)6-9)23-18(29-17)25-15(16(26)27-4)12(19)8(3)24-25/h5-7H,1-4H3. The third-order valence-electron chi connectivity index (χ3n) is 3.73. The van der Waals surface area contributed by atoms with Gasteiger partial charge in [0.15, 0.2) is 5.69 Å². The van der Waals surface area contributed by atoms with Crippen molar-refractivity contribution in [2.45, 2.75) is 30.2 Å². The Morgan fingerprint density at radius 2 is 1.97 bits per heavy atom. The molecule has 154 valence electrons. The number of methoxy groups -OCH3 is 1. The molecule has 0 saturated heterocycles. The molecule has 0 bridgehead atoms. The van der Waals surface area contributed by atoms with Gasteiger partial charge in [-0.15, -0.1) is 11.8 Å². The lowest BCUT2D eigenvalue weighted by molar-refractivity contribution is 0.0589. The molecule has 0 fully saturated rings. The van der Waals surface area contributed by atoms with Gasteiger partial charge in [-0.2, -0.15) is 9.78 Å². The number of halogens is 4. The van der Waals surface area contributed by atoms with Crippen molar-refractivity contribution in [3.05, 3.63) is 44.7 Å². The molecule has 0 saturated carbocycles. The highest BCUT2D eigenvalue weighted by atomic mass is 79.9. The zero-order valence-electron chi connectivity index (χ0n) is 15.7. The van der Waals surface area contributed by atoms with Crippen LogP contribution in [0.1, 0.15) is 30.0 Å². The Balaban J connectivity index is 2.22. The van der Waals surface area contributed by atoms with Crippen LogP contribution in [-0.2, 0) is 4.74 Å². The summed E-state index contributed by atoms with van der Waals surface area (Å²) in [6, 6.07) is 2.28. The number of thioether (sulfide) groups is 1. The third-order valence-corrected chi connectivity index (χ3v) is 7.29. The van der Waals surface area contributed by atoms with Crippen LogP contribution >= 0.6 is 50.6 Å². The SMILES string of the molecule is COC(=O)c1c(Br)c(C)nn1-c1nc(-c2cc(F)c(Cl)c(F)c2)c(SC(C)C)s1. The second-order valence-electron chi connectivity index (χ2n) is 6.20. The summed E-state index contributed by atoms with van der Waals surface area (Å²) in [6.45, 7) is 5.71. The molecule has 3 aromatic rings. The number of esters is 1. The Morgan fingerprint density at radius 3 is 2.52 bits per heavy atom. The number of hydrogen-bond donors (Lipinski definition) is 0. The molecule has 0 N–H and O–H groups in total. The molecule has 3 rings (SSSR count). The molecule has 0 amide bonds. The van der Waals surface area contributed by atoms with Crippen LogP contribution in [-0.4, -0.2) is 33.1 Å². The summed E-state index contributed by atoms with van der Waals surface area (Å²) in [7, 11) is 1.27. The molecule has 5 nitrogen and oxygen atoms in total. The van der Waals surface area contributed by atoms with Crippen LogP contribution in [0.15, 0.2) is 20.8 Å². The van der Waals surface area contributed by atoms with Crippen LogP contribution in [0, 0.1) is 18.6 Å². The minimum Gasteiger partial charge on any atom is -0.464 e. The van der Waals surface area contributed by atoms with Crippen molar-refractivity contribution in [1.82, 2.24) is 14.8 Å². The third kappa shape index (κ3) is 4.35. The molecule has 0 atom stereocenters. The highest BCUT2D eigenvalue weighted by Gasteiger charge is 2.26. The van der Waals surface area contributed by atoms with E-state index in [0.717, 1.165) is 16.3 Å². The van der Waals surface area contributed by atoms with Crippen molar-refractivity contribution in [3.63, 3.8) is 0 Å². The van der Waals surface area contributed by atoms with Crippen LogP contribution in [0.4, 0.5) is 8.78 Å². The first kappa shape index (κ1) is 22.2. The van der Waals surface area contributed by atoms with Crippen molar-refractivity contribution >= 4 is 56.6 Å². The van der Waals surface area contributed by atoms with Gasteiger partial charge < -0.3 is 4.74 Å². The van der Waals surface area contributed by atoms with Crippen LogP contribution < -0.4 is 0 Å². The van der Waals surface area contributed by atoms with Gasteiger partial charge in [-0.3, -0.25) is 0 Å². The average molecular weight is 523 g/mol. The number of aromatic nitrogens is 3. The molecule has 11 heteroatoms. The molecule has 2 heterocycles. The number of benzene rings is 1. The second kappa shape index (κ2) is 8.71. The van der Waals surface area contributed by atoms with Crippen LogP contribution in [0.2, 0.25) is 5.02 Å². The van der Waals surface area contributed by atoms with Gasteiger partial charge in [-0.05, 0) is 35.0 Å². The normalized spacial score (nSPS) is 11.3. The predicted octanol–water partition coefficient (Wildman–Crippen LogP) is 6.29. The quantitative estimate of drug-likeness (QED) is 0.224. The van der Waals surface area contributed by atoms with Gasteiger partial charge in [0.1, 0.15) is 16.7 Å². The van der Waals surface area contributed by atoms with Gasteiger partial charge in [0, 0.05) is 10.8 Å². The lowest BCUT2D eigenvalue weighted by atomic mass is 10.1. The van der Waals surface area contributed by atoms with Crippen LogP contribution in [0.3, 0.4) is 0 Å². The molecule has 0 aliphatic carbocycles. The number of carbonyl (C=O) groups excluding carboxylic acids is 1. The van der Waals surface area contributed by atoms with E-state index in [-0.39, 0.29) is 16.5 Å². The highest BCUT2D eigenvalue weighted by Crippen LogP contribution is 2.41. The smallest absolute Gasteiger partial charge is 0.358 e. The van der Waals surface area contributed by atoms with Gasteiger partial charge >= 0.3 is 5.97 Å². The molecule has 0 aliphatic heterocycles. The number of thiazole rings is 1. The van der Waals surface area contributed by atoms with Gasteiger partial charge in [0.2, 0.25) is 5.13 Å². The van der Waals surface area contributed by atoms with Crippen LogP contribution in [0.5, 0.6) is 0 Å². The van der Waals surface area contributed by atoms with Gasteiger partial charge in [0.05, 0.1) is 27.2 Å². The summed E-state index contributed by atoms with van der Waals surface area (Å²) >= 11 is 11.7. The number of nitrogens with zero attached hydrogens (tertiary/aromatic N) is 3. The first-order chi connectivity index (χ1) is 13.6. The van der Waals surface area contributed by atoms with Crippen molar-refractivity contribution in [2.24, 2.45) is 0 Å². The van der Waals surface area contributed by atoms with Crippen molar-refractivity contribution in [2.75, 3.05) is 7.11 Å². The maximum Gasteiger partial charge on any atom is 0.358 e. The summed E-state index contributed by atoms with van der Waals surface area (Å²) in [5.74, 6) is -2.33. The van der Waals surface area contributed by atoms with E-state index in [0.29, 0.717) is 21.0 Å². The monoisotopic (exact) mass is 521 g/mol. The average Bonchev–Trinajstić information content (AvgIpc) is 3.19. The first-order valence-corrected chi connectivity index (χ1v) is 11.2. The molecular formula is C18H15BrClF2N3O2S2. The van der Waals surface area contributed by atoms with E-state index in [1.54, 1.807) is 6.92 Å². The Hall–Kier alpha value is -1.49. The summed E-state index contributed by atoms with van der Waals surface area (Å²) in [4.78, 5) is 16.8. The Kier molecular flexibility index (Phi) is 6.67. The number of hydrogen-bond acceptors (Lipinski definition) is 6. The highest BCUT2D eigenvalue weighted by molar-refractivity contribution is 9.10. The first-order valence-electron chi connectivity index (χ1n) is 8.30. The molecule has 29 heavy (non-hydrogen) atoms. The van der Waals surface area contributed by atoms with E-state index >= 15 is 0 Å². The molecule has 1 aromatic carbocycles. The number of ether oxygens (including phenoxy) is 1. The fraction of sp³-hybridized carbons (Fsp3) is 0.278. The maximum atomic E-state index is 14.0. The molecule has 0 spiro atoms. The van der Waals surface area contributed by atoms with E-state index in [4.69, 9.17) is 16.3 Å².